The van der Waals surface area contributed by atoms with Crippen LogP contribution in [0.3, 0.4) is 0 Å². The lowest BCUT2D eigenvalue weighted by Crippen LogP contribution is -2.57. The van der Waals surface area contributed by atoms with Crippen LogP contribution in [0.2, 0.25) is 0 Å². The summed E-state index contributed by atoms with van der Waals surface area (Å²) in [6.07, 6.45) is -1.29. The van der Waals surface area contributed by atoms with Crippen molar-refractivity contribution in [3.63, 3.8) is 0 Å². The van der Waals surface area contributed by atoms with Crippen LogP contribution >= 0.6 is 12.6 Å². The Kier molecular flexibility index (Phi) is 6.21. The maximum Gasteiger partial charge on any atom is 0.347 e. The second kappa shape index (κ2) is 8.82. The summed E-state index contributed by atoms with van der Waals surface area (Å²) in [5, 5.41) is 31.1. The molecule has 30 heavy (non-hydrogen) atoms. The van der Waals surface area contributed by atoms with Crippen LogP contribution in [-0.2, 0) is 9.59 Å². The van der Waals surface area contributed by atoms with Crippen LogP contribution in [0, 0.1) is 0 Å². The molecule has 2 aromatic carbocycles. The number of hydrogen-bond acceptors (Lipinski definition) is 8. The number of para-hydroxylation sites is 1. The van der Waals surface area contributed by atoms with Gasteiger partial charge in [0.15, 0.2) is 0 Å². The smallest absolute Gasteiger partial charge is 0.347 e. The molecule has 3 aromatic rings. The summed E-state index contributed by atoms with van der Waals surface area (Å²) < 4.78 is 1.39. The lowest BCUT2D eigenvalue weighted by atomic mass is 10.1. The van der Waals surface area contributed by atoms with Gasteiger partial charge in [-0.15, -0.1) is 17.7 Å². The molecule has 0 amide bonds. The molecule has 2 N–H and O–H groups in total. The molecule has 10 nitrogen and oxygen atoms in total. The zero-order chi connectivity index (χ0) is 21.8. The second-order valence-electron chi connectivity index (χ2n) is 6.49. The number of anilines is 2. The van der Waals surface area contributed by atoms with Gasteiger partial charge in [-0.1, -0.05) is 24.3 Å². The molecule has 156 valence electrons. The predicted octanol–water partition coefficient (Wildman–Crippen LogP) is 1.78. The number of rotatable bonds is 8. The van der Waals surface area contributed by atoms with Crippen molar-refractivity contribution >= 4 is 35.9 Å². The molecule has 0 saturated heterocycles. The van der Waals surface area contributed by atoms with E-state index in [2.05, 4.69) is 28.2 Å². The molecular weight excluding hydrogens is 408 g/mol. The minimum atomic E-state index is -1.29. The first kappa shape index (κ1) is 21.1. The van der Waals surface area contributed by atoms with Gasteiger partial charge in [0.1, 0.15) is 6.04 Å². The van der Waals surface area contributed by atoms with Gasteiger partial charge in [0.2, 0.25) is 11.3 Å². The number of tetrazole rings is 1. The summed E-state index contributed by atoms with van der Waals surface area (Å²) in [7, 11) is 1.59. The van der Waals surface area contributed by atoms with Crippen molar-refractivity contribution in [3.05, 3.63) is 54.6 Å². The van der Waals surface area contributed by atoms with Crippen molar-refractivity contribution in [1.29, 1.82) is 0 Å². The summed E-state index contributed by atoms with van der Waals surface area (Å²) in [4.78, 5) is 26.9. The number of thiol groups is 1. The Bertz CT molecular complexity index is 1040. The van der Waals surface area contributed by atoms with Crippen molar-refractivity contribution in [2.24, 2.45) is 0 Å². The molecule has 2 unspecified atom stereocenters. The molecule has 0 aliphatic rings. The van der Waals surface area contributed by atoms with Gasteiger partial charge in [-0.25, -0.2) is 9.59 Å². The fourth-order valence-electron chi connectivity index (χ4n) is 3.10. The van der Waals surface area contributed by atoms with E-state index in [0.29, 0.717) is 17.1 Å². The average molecular weight is 428 g/mol. The molecule has 0 aliphatic heterocycles. The second-order valence-corrected chi connectivity index (χ2v) is 6.89. The van der Waals surface area contributed by atoms with Crippen LogP contribution < -0.4 is 9.80 Å². The van der Waals surface area contributed by atoms with E-state index in [0.717, 1.165) is 0 Å². The third kappa shape index (κ3) is 4.20. The molecule has 11 heteroatoms. The molecule has 0 fully saturated rings. The minimum absolute atomic E-state index is 0.273. The Balaban J connectivity index is 2.05. The summed E-state index contributed by atoms with van der Waals surface area (Å²) >= 11 is 4.20. The molecule has 3 rings (SSSR count). The highest BCUT2D eigenvalue weighted by molar-refractivity contribution is 7.80. The van der Waals surface area contributed by atoms with Crippen molar-refractivity contribution < 1.29 is 19.8 Å². The van der Waals surface area contributed by atoms with E-state index in [1.165, 1.54) is 21.4 Å². The molecule has 0 bridgehead atoms. The van der Waals surface area contributed by atoms with Crippen LogP contribution in [0.1, 0.15) is 6.92 Å². The van der Waals surface area contributed by atoms with Crippen LogP contribution in [0.25, 0.3) is 5.69 Å². The van der Waals surface area contributed by atoms with Crippen LogP contribution in [0.5, 0.6) is 0 Å². The highest BCUT2D eigenvalue weighted by Gasteiger charge is 2.36. The maximum absolute atomic E-state index is 12.3. The number of hydrogen-bond donors (Lipinski definition) is 3. The molecular formula is C19H20N6O4S. The zero-order valence-corrected chi connectivity index (χ0v) is 17.1. The Hall–Kier alpha value is -3.60. The van der Waals surface area contributed by atoms with E-state index < -0.39 is 24.1 Å². The van der Waals surface area contributed by atoms with Crippen molar-refractivity contribution in [2.45, 2.75) is 24.3 Å². The predicted molar refractivity (Wildman–Crippen MR) is 112 cm³/mol. The molecule has 1 heterocycles. The number of carboxylic acid groups (broad SMARTS) is 2. The van der Waals surface area contributed by atoms with Gasteiger partial charge >= 0.3 is 11.9 Å². The maximum atomic E-state index is 12.3. The quantitative estimate of drug-likeness (QED) is 0.364. The number of carbonyl (C=O) groups is 2. The summed E-state index contributed by atoms with van der Waals surface area (Å²) in [5.41, 5.74) is 1.58. The Morgan fingerprint density at radius 3 is 2.27 bits per heavy atom. The lowest BCUT2D eigenvalue weighted by molar-refractivity contribution is -0.140. The first-order chi connectivity index (χ1) is 14.3. The molecule has 0 aliphatic carbocycles. The van der Waals surface area contributed by atoms with E-state index in [1.807, 2.05) is 0 Å². The fourth-order valence-corrected chi connectivity index (χ4v) is 3.30. The van der Waals surface area contributed by atoms with Crippen molar-refractivity contribution in [1.82, 2.24) is 20.2 Å². The Morgan fingerprint density at radius 2 is 1.70 bits per heavy atom. The first-order valence-corrected chi connectivity index (χ1v) is 9.35. The van der Waals surface area contributed by atoms with E-state index >= 15 is 0 Å². The van der Waals surface area contributed by atoms with Crippen molar-refractivity contribution in [2.75, 3.05) is 16.8 Å². The molecule has 0 spiro atoms. The first-order valence-electron chi connectivity index (χ1n) is 8.91. The van der Waals surface area contributed by atoms with E-state index in [1.54, 1.807) is 61.6 Å². The van der Waals surface area contributed by atoms with Gasteiger partial charge in [0.25, 0.3) is 0 Å². The van der Waals surface area contributed by atoms with Crippen LogP contribution in [-0.4, -0.2) is 61.6 Å². The van der Waals surface area contributed by atoms with Gasteiger partial charge in [-0.2, -0.15) is 4.68 Å². The third-order valence-corrected chi connectivity index (χ3v) is 4.89. The van der Waals surface area contributed by atoms with E-state index in [-0.39, 0.29) is 5.16 Å². The fraction of sp³-hybridized carbons (Fsp3) is 0.211. The topological polar surface area (TPSA) is 125 Å². The SMILES string of the molecule is CC(C(=O)O)N(c1ccccc1)C(C(=O)O)N(C)c1cccc(-n2nnnc2S)c1. The molecule has 0 radical (unpaired) electrons. The van der Waals surface area contributed by atoms with Gasteiger partial charge in [-0.05, 0) is 47.7 Å². The average Bonchev–Trinajstić information content (AvgIpc) is 3.17. The largest absolute Gasteiger partial charge is 0.480 e. The lowest BCUT2D eigenvalue weighted by Gasteiger charge is -2.39. The van der Waals surface area contributed by atoms with Crippen LogP contribution in [0.4, 0.5) is 11.4 Å². The van der Waals surface area contributed by atoms with E-state index in [4.69, 9.17) is 0 Å². The van der Waals surface area contributed by atoms with Crippen LogP contribution in [0.15, 0.2) is 59.8 Å². The molecule has 2 atom stereocenters. The standard InChI is InChI=1S/C19H20N6O4S/c1-12(17(26)27)24(13-7-4-3-5-8-13)16(18(28)29)23(2)14-9-6-10-15(11-14)25-19(30)20-21-22-25/h3-12,16H,1-2H3,(H,26,27)(H,28,29)(H,20,22,30). The monoisotopic (exact) mass is 428 g/mol. The summed E-state index contributed by atoms with van der Waals surface area (Å²) in [5.74, 6) is -2.34. The number of aromatic nitrogens is 4. The number of likely N-dealkylation sites (N-methyl/N-ethyl adjacent to an activating group) is 1. The van der Waals surface area contributed by atoms with E-state index in [9.17, 15) is 19.8 Å². The van der Waals surface area contributed by atoms with Gasteiger partial charge in [0.05, 0.1) is 5.69 Å². The summed E-state index contributed by atoms with van der Waals surface area (Å²) in [6, 6.07) is 14.4. The van der Waals surface area contributed by atoms with Crippen molar-refractivity contribution in [3.8, 4) is 5.69 Å². The highest BCUT2D eigenvalue weighted by Crippen LogP contribution is 2.27. The minimum Gasteiger partial charge on any atom is -0.480 e. The molecule has 0 saturated carbocycles. The summed E-state index contributed by atoms with van der Waals surface area (Å²) in [6.45, 7) is 1.45. The highest BCUT2D eigenvalue weighted by atomic mass is 32.1. The van der Waals surface area contributed by atoms with Gasteiger partial charge < -0.3 is 20.0 Å². The number of aliphatic carboxylic acids is 2. The number of carboxylic acids is 2. The third-order valence-electron chi connectivity index (χ3n) is 4.61. The molecule has 1 aromatic heterocycles. The zero-order valence-electron chi connectivity index (χ0n) is 16.2. The Labute approximate surface area is 177 Å². The number of nitrogens with zero attached hydrogens (tertiary/aromatic N) is 6. The van der Waals surface area contributed by atoms with Gasteiger partial charge in [-0.3, -0.25) is 0 Å². The number of benzene rings is 2. The Morgan fingerprint density at radius 1 is 1.03 bits per heavy atom. The van der Waals surface area contributed by atoms with Gasteiger partial charge in [0, 0.05) is 18.4 Å². The normalized spacial score (nSPS) is 12.8.